The van der Waals surface area contributed by atoms with Gasteiger partial charge >= 0.3 is 0 Å². The summed E-state index contributed by atoms with van der Waals surface area (Å²) in [5.41, 5.74) is 2.10. The highest BCUT2D eigenvalue weighted by Crippen LogP contribution is 2.83. The molecule has 5 nitrogen and oxygen atoms in total. The van der Waals surface area contributed by atoms with E-state index in [0.29, 0.717) is 0 Å². The van der Waals surface area contributed by atoms with Gasteiger partial charge in [0, 0.05) is 12.1 Å². The van der Waals surface area contributed by atoms with Crippen LogP contribution in [-0.2, 0) is 0 Å². The van der Waals surface area contributed by atoms with Gasteiger partial charge in [0.2, 0.25) is 13.4 Å². The molecular formula is C16H20Cl4N5P3. The molecule has 28 heavy (non-hydrogen) atoms. The van der Waals surface area contributed by atoms with Crippen molar-refractivity contribution in [3.63, 3.8) is 0 Å². The average molecular weight is 517 g/mol. The summed E-state index contributed by atoms with van der Waals surface area (Å²) in [6.45, 7) is -1.96. The molecule has 0 unspecified atom stereocenters. The molecule has 0 radical (unpaired) electrons. The first-order valence-electron chi connectivity index (χ1n) is 8.45. The molecule has 2 N–H and O–H groups in total. The maximum atomic E-state index is 6.79. The second kappa shape index (κ2) is 9.15. The molecule has 0 spiro atoms. The van der Waals surface area contributed by atoms with E-state index in [1.54, 1.807) is 0 Å². The van der Waals surface area contributed by atoms with Crippen molar-refractivity contribution in [2.24, 2.45) is 13.5 Å². The Balaban J connectivity index is 1.92. The Labute approximate surface area is 185 Å². The van der Waals surface area contributed by atoms with E-state index in [0.717, 1.165) is 11.1 Å². The molecule has 1 aliphatic heterocycles. The van der Waals surface area contributed by atoms with Crippen LogP contribution in [0.2, 0.25) is 0 Å². The summed E-state index contributed by atoms with van der Waals surface area (Å²) in [6, 6.07) is 19.5. The van der Waals surface area contributed by atoms with E-state index >= 15 is 0 Å². The summed E-state index contributed by atoms with van der Waals surface area (Å²) < 4.78 is 13.4. The molecule has 0 bridgehead atoms. The first-order valence-corrected chi connectivity index (χ1v) is 17.2. The zero-order valence-corrected chi connectivity index (χ0v) is 20.8. The average Bonchev–Trinajstić information content (AvgIpc) is 2.60. The second-order valence-electron chi connectivity index (χ2n) is 6.30. The predicted molar refractivity (Wildman–Crippen MR) is 127 cm³/mol. The molecule has 0 fully saturated rings. The van der Waals surface area contributed by atoms with E-state index < -0.39 is 19.3 Å². The predicted octanol–water partition coefficient (Wildman–Crippen LogP) is 9.50. The minimum Gasteiger partial charge on any atom is -0.246 e. The standard InChI is InChI=1S/C16H20Cl4N5P3/c1-13(15-9-5-3-6-10-15)21-27(19)23-26(17,18)24-28(20,25-27)22-14(2)16-11-7-4-8-12-16/h3-14,21-22H,1-2H3/t13-,14-,27-,28-/m1/s1. The normalized spacial score (nSPS) is 28.4. The van der Waals surface area contributed by atoms with Crippen molar-refractivity contribution >= 4 is 64.3 Å². The summed E-state index contributed by atoms with van der Waals surface area (Å²) in [5, 5.41) is 6.56. The van der Waals surface area contributed by atoms with Gasteiger partial charge in [-0.1, -0.05) is 60.7 Å². The number of hydrogen-bond acceptors (Lipinski definition) is 5. The van der Waals surface area contributed by atoms with Gasteiger partial charge in [-0.3, -0.25) is 0 Å². The van der Waals surface area contributed by atoms with Crippen LogP contribution < -0.4 is 10.2 Å². The molecular weight excluding hydrogens is 497 g/mol. The van der Waals surface area contributed by atoms with Crippen molar-refractivity contribution in [3.8, 4) is 0 Å². The molecule has 4 atom stereocenters. The SMILES string of the molecule is C[C@@H](N[P@]1(Cl)=NP(Cl)(Cl)=N[P@@](Cl)(N[C@H](C)c2ccccc2)=N1)c1ccccc1. The lowest BCUT2D eigenvalue weighted by molar-refractivity contribution is 0.739. The molecule has 2 aromatic rings. The highest BCUT2D eigenvalue weighted by atomic mass is 35.9. The fourth-order valence-corrected chi connectivity index (χ4v) is 19.2. The Morgan fingerprint density at radius 3 is 1.46 bits per heavy atom. The van der Waals surface area contributed by atoms with Gasteiger partial charge in [-0.05, 0) is 69.9 Å². The minimum absolute atomic E-state index is 0.109. The van der Waals surface area contributed by atoms with Gasteiger partial charge in [0.25, 0.3) is 5.91 Å². The third-order valence-corrected chi connectivity index (χ3v) is 16.4. The highest BCUT2D eigenvalue weighted by Gasteiger charge is 2.35. The lowest BCUT2D eigenvalue weighted by atomic mass is 10.1. The van der Waals surface area contributed by atoms with Gasteiger partial charge in [-0.2, -0.15) is 13.5 Å². The monoisotopic (exact) mass is 515 g/mol. The zero-order valence-electron chi connectivity index (χ0n) is 15.1. The zero-order chi connectivity index (χ0) is 20.4. The van der Waals surface area contributed by atoms with Crippen LogP contribution in [0.25, 0.3) is 0 Å². The third-order valence-electron chi connectivity index (χ3n) is 4.00. The number of hydrogen-bond donors (Lipinski definition) is 2. The Hall–Kier alpha value is 0.210. The molecule has 1 aliphatic rings. The summed E-state index contributed by atoms with van der Waals surface area (Å²) >= 11 is 26.4. The van der Waals surface area contributed by atoms with E-state index in [2.05, 4.69) is 23.7 Å². The highest BCUT2D eigenvalue weighted by molar-refractivity contribution is 8.17. The van der Waals surface area contributed by atoms with Crippen molar-refractivity contribution in [1.82, 2.24) is 10.2 Å². The smallest absolute Gasteiger partial charge is 0.246 e. The van der Waals surface area contributed by atoms with Gasteiger partial charge in [-0.25, -0.2) is 10.2 Å². The molecule has 0 amide bonds. The van der Waals surface area contributed by atoms with Crippen LogP contribution in [0.15, 0.2) is 74.2 Å². The molecule has 3 rings (SSSR count). The fraction of sp³-hybridized carbons (Fsp3) is 0.250. The number of halogens is 4. The Morgan fingerprint density at radius 1 is 0.643 bits per heavy atom. The largest absolute Gasteiger partial charge is 0.257 e. The maximum Gasteiger partial charge on any atom is 0.257 e. The van der Waals surface area contributed by atoms with Crippen LogP contribution in [0.1, 0.15) is 37.1 Å². The van der Waals surface area contributed by atoms with Crippen LogP contribution in [0, 0.1) is 0 Å². The Morgan fingerprint density at radius 2 is 1.04 bits per heavy atom. The molecule has 0 aliphatic carbocycles. The maximum absolute atomic E-state index is 6.79. The second-order valence-corrected chi connectivity index (χ2v) is 18.1. The van der Waals surface area contributed by atoms with Crippen LogP contribution in [-0.4, -0.2) is 0 Å². The van der Waals surface area contributed by atoms with Gasteiger partial charge in [-0.15, -0.1) is 0 Å². The molecule has 1 heterocycles. The number of nitrogens with one attached hydrogen (secondary N) is 2. The van der Waals surface area contributed by atoms with Crippen LogP contribution >= 0.6 is 64.3 Å². The van der Waals surface area contributed by atoms with Gasteiger partial charge in [0.15, 0.2) is 0 Å². The van der Waals surface area contributed by atoms with Crippen molar-refractivity contribution in [1.29, 1.82) is 0 Å². The molecule has 0 saturated heterocycles. The first-order chi connectivity index (χ1) is 13.1. The van der Waals surface area contributed by atoms with E-state index in [9.17, 15) is 0 Å². The van der Waals surface area contributed by atoms with Gasteiger partial charge in [0.05, 0.1) is 0 Å². The number of benzene rings is 2. The quantitative estimate of drug-likeness (QED) is 0.375. The third kappa shape index (κ3) is 6.11. The fourth-order valence-electron chi connectivity index (χ4n) is 2.72. The topological polar surface area (TPSA) is 61.1 Å². The van der Waals surface area contributed by atoms with Crippen molar-refractivity contribution in [2.75, 3.05) is 0 Å². The van der Waals surface area contributed by atoms with Crippen LogP contribution in [0.4, 0.5) is 0 Å². The molecule has 152 valence electrons. The van der Waals surface area contributed by atoms with Gasteiger partial charge < -0.3 is 0 Å². The van der Waals surface area contributed by atoms with E-state index in [-0.39, 0.29) is 12.1 Å². The van der Waals surface area contributed by atoms with Crippen LogP contribution in [0.3, 0.4) is 0 Å². The van der Waals surface area contributed by atoms with Crippen molar-refractivity contribution in [3.05, 3.63) is 71.8 Å². The van der Waals surface area contributed by atoms with E-state index in [4.69, 9.17) is 45.0 Å². The van der Waals surface area contributed by atoms with Crippen LogP contribution in [0.5, 0.6) is 0 Å². The summed E-state index contributed by atoms with van der Waals surface area (Å²) in [7, 11) is 0. The lowest BCUT2D eigenvalue weighted by Crippen LogP contribution is -2.15. The van der Waals surface area contributed by atoms with Gasteiger partial charge in [0.1, 0.15) is 0 Å². The van der Waals surface area contributed by atoms with Crippen molar-refractivity contribution in [2.45, 2.75) is 25.9 Å². The molecule has 0 aromatic heterocycles. The minimum atomic E-state index is -3.06. The van der Waals surface area contributed by atoms with Crippen molar-refractivity contribution < 1.29 is 0 Å². The number of nitrogens with zero attached hydrogens (tertiary/aromatic N) is 3. The Kier molecular flexibility index (Phi) is 7.47. The molecule has 12 heteroatoms. The summed E-state index contributed by atoms with van der Waals surface area (Å²) in [4.78, 5) is 0. The number of rotatable bonds is 6. The first kappa shape index (κ1) is 22.9. The lowest BCUT2D eigenvalue weighted by Gasteiger charge is -2.29. The summed E-state index contributed by atoms with van der Waals surface area (Å²) in [6.07, 6.45) is 0. The Bertz CT molecular complexity index is 941. The molecule has 0 saturated carbocycles. The summed E-state index contributed by atoms with van der Waals surface area (Å²) in [5.74, 6) is -3.06. The molecule has 2 aromatic carbocycles. The van der Waals surface area contributed by atoms with E-state index in [1.165, 1.54) is 0 Å². The van der Waals surface area contributed by atoms with E-state index in [1.807, 2.05) is 74.5 Å².